The molecule has 33 heavy (non-hydrogen) atoms. The molecule has 3 heterocycles. The Morgan fingerprint density at radius 1 is 1.00 bits per heavy atom. The number of fused-ring (bicyclic) bond motifs is 1. The van der Waals surface area contributed by atoms with Crippen molar-refractivity contribution in [3.8, 4) is 28.1 Å². The number of nitrogens with one attached hydrogen (secondary N) is 1. The van der Waals surface area contributed by atoms with Gasteiger partial charge in [-0.1, -0.05) is 42.5 Å². The first-order chi connectivity index (χ1) is 15.9. The lowest BCUT2D eigenvalue weighted by molar-refractivity contribution is -0.0220. The van der Waals surface area contributed by atoms with E-state index in [1.54, 1.807) is 19.2 Å². The van der Waals surface area contributed by atoms with Gasteiger partial charge in [-0.15, -0.1) is 0 Å². The van der Waals surface area contributed by atoms with Crippen molar-refractivity contribution < 1.29 is 13.5 Å². The summed E-state index contributed by atoms with van der Waals surface area (Å²) in [5, 5.41) is 4.67. The molecule has 6 nitrogen and oxygen atoms in total. The number of nitrogens with zero attached hydrogens (tertiary/aromatic N) is 3. The van der Waals surface area contributed by atoms with Crippen molar-refractivity contribution in [1.82, 2.24) is 14.6 Å². The molecule has 1 fully saturated rings. The van der Waals surface area contributed by atoms with E-state index < -0.39 is 5.92 Å². The molecule has 2 aromatic heterocycles. The standard InChI is InChI=1S/C25H24F2N4O2/c1-16-20(17-8-10-19(33-2)11-9-17)24(32)31-23(28-16)22(30-14-12-25(26,27)13-15-30)21(29-31)18-6-4-3-5-7-18/h3-11,28H,12-15H2,1-2H3. The average molecular weight is 450 g/mol. The molecule has 1 saturated heterocycles. The first-order valence-electron chi connectivity index (χ1n) is 10.9. The number of aromatic nitrogens is 3. The minimum Gasteiger partial charge on any atom is -0.497 e. The fourth-order valence-electron chi connectivity index (χ4n) is 4.42. The van der Waals surface area contributed by atoms with Crippen molar-refractivity contribution in [3.63, 3.8) is 0 Å². The summed E-state index contributed by atoms with van der Waals surface area (Å²) in [5.41, 5.74) is 4.27. The second-order valence-corrected chi connectivity index (χ2v) is 8.33. The molecule has 1 aliphatic heterocycles. The van der Waals surface area contributed by atoms with Crippen LogP contribution >= 0.6 is 0 Å². The fraction of sp³-hybridized carbons (Fsp3) is 0.280. The van der Waals surface area contributed by atoms with E-state index in [1.807, 2.05) is 54.3 Å². The zero-order valence-electron chi connectivity index (χ0n) is 18.4. The molecule has 0 unspecified atom stereocenters. The van der Waals surface area contributed by atoms with E-state index in [1.165, 1.54) is 4.52 Å². The number of hydrogen-bond donors (Lipinski definition) is 1. The van der Waals surface area contributed by atoms with Gasteiger partial charge in [0.25, 0.3) is 11.5 Å². The molecule has 4 aromatic rings. The molecular formula is C25H24F2N4O2. The predicted octanol–water partition coefficient (Wildman–Crippen LogP) is 4.91. The Labute approximate surface area is 189 Å². The third kappa shape index (κ3) is 3.75. The van der Waals surface area contributed by atoms with E-state index in [9.17, 15) is 13.6 Å². The van der Waals surface area contributed by atoms with Gasteiger partial charge in [-0.3, -0.25) is 4.79 Å². The summed E-state index contributed by atoms with van der Waals surface area (Å²) in [7, 11) is 1.59. The maximum atomic E-state index is 13.9. The number of halogens is 2. The van der Waals surface area contributed by atoms with Crippen molar-refractivity contribution in [1.29, 1.82) is 0 Å². The number of aryl methyl sites for hydroxylation is 1. The van der Waals surface area contributed by atoms with Gasteiger partial charge in [-0.25, -0.2) is 8.78 Å². The number of hydrogen-bond acceptors (Lipinski definition) is 4. The second-order valence-electron chi connectivity index (χ2n) is 8.33. The lowest BCUT2D eigenvalue weighted by Gasteiger charge is -2.33. The molecule has 0 atom stereocenters. The zero-order chi connectivity index (χ0) is 23.2. The summed E-state index contributed by atoms with van der Waals surface area (Å²) >= 11 is 0. The maximum absolute atomic E-state index is 13.9. The fourth-order valence-corrected chi connectivity index (χ4v) is 4.42. The predicted molar refractivity (Wildman–Crippen MR) is 124 cm³/mol. The maximum Gasteiger partial charge on any atom is 0.282 e. The summed E-state index contributed by atoms with van der Waals surface area (Å²) in [6.07, 6.45) is -0.461. The molecule has 1 N–H and O–H groups in total. The number of alkyl halides is 2. The van der Waals surface area contributed by atoms with E-state index in [-0.39, 0.29) is 31.5 Å². The Kier molecular flexibility index (Phi) is 5.15. The van der Waals surface area contributed by atoms with E-state index in [0.29, 0.717) is 34.0 Å². The molecule has 8 heteroatoms. The minimum absolute atomic E-state index is 0.190. The van der Waals surface area contributed by atoms with Crippen molar-refractivity contribution in [2.24, 2.45) is 0 Å². The third-order valence-electron chi connectivity index (χ3n) is 6.18. The summed E-state index contributed by atoms with van der Waals surface area (Å²) < 4.78 is 34.3. The van der Waals surface area contributed by atoms with Crippen LogP contribution in [0.25, 0.3) is 28.0 Å². The highest BCUT2D eigenvalue weighted by Crippen LogP contribution is 2.38. The highest BCUT2D eigenvalue weighted by Gasteiger charge is 2.36. The lowest BCUT2D eigenvalue weighted by Crippen LogP contribution is -2.39. The van der Waals surface area contributed by atoms with Gasteiger partial charge in [-0.2, -0.15) is 9.61 Å². The number of rotatable bonds is 4. The van der Waals surface area contributed by atoms with Crippen LogP contribution in [0.1, 0.15) is 18.5 Å². The Morgan fingerprint density at radius 3 is 2.30 bits per heavy atom. The Balaban J connectivity index is 1.72. The highest BCUT2D eigenvalue weighted by atomic mass is 19.3. The van der Waals surface area contributed by atoms with Crippen LogP contribution in [-0.4, -0.2) is 40.7 Å². The number of H-pyrrole nitrogens is 1. The van der Waals surface area contributed by atoms with Crippen LogP contribution in [0.4, 0.5) is 14.5 Å². The van der Waals surface area contributed by atoms with Crippen LogP contribution in [0.2, 0.25) is 0 Å². The zero-order valence-corrected chi connectivity index (χ0v) is 18.4. The van der Waals surface area contributed by atoms with Crippen LogP contribution in [0.15, 0.2) is 59.4 Å². The van der Waals surface area contributed by atoms with Crippen LogP contribution in [-0.2, 0) is 0 Å². The minimum atomic E-state index is -2.67. The molecule has 5 rings (SSSR count). The van der Waals surface area contributed by atoms with Crippen LogP contribution in [0, 0.1) is 6.92 Å². The number of methoxy groups -OCH3 is 1. The molecule has 0 aliphatic carbocycles. The van der Waals surface area contributed by atoms with Crippen LogP contribution in [0.3, 0.4) is 0 Å². The normalized spacial score (nSPS) is 15.7. The van der Waals surface area contributed by atoms with E-state index in [4.69, 9.17) is 4.74 Å². The molecule has 0 bridgehead atoms. The number of anilines is 1. The molecule has 2 aromatic carbocycles. The van der Waals surface area contributed by atoms with Crippen LogP contribution < -0.4 is 15.2 Å². The molecule has 0 saturated carbocycles. The number of piperidine rings is 1. The average Bonchev–Trinajstić information content (AvgIpc) is 3.20. The Hall–Kier alpha value is -3.68. The van der Waals surface area contributed by atoms with Gasteiger partial charge < -0.3 is 14.6 Å². The number of aromatic amines is 1. The van der Waals surface area contributed by atoms with E-state index in [2.05, 4.69) is 10.1 Å². The Bertz CT molecular complexity index is 1350. The second kappa shape index (κ2) is 8.03. The number of benzene rings is 2. The molecule has 170 valence electrons. The lowest BCUT2D eigenvalue weighted by atomic mass is 10.0. The van der Waals surface area contributed by atoms with Crippen molar-refractivity contribution in [2.75, 3.05) is 25.1 Å². The molecule has 0 spiro atoms. The molecule has 0 amide bonds. The third-order valence-corrected chi connectivity index (χ3v) is 6.18. The molecule has 0 radical (unpaired) electrons. The monoisotopic (exact) mass is 450 g/mol. The van der Waals surface area contributed by atoms with Gasteiger partial charge in [0.15, 0.2) is 5.65 Å². The largest absolute Gasteiger partial charge is 0.497 e. The number of ether oxygens (including phenoxy) is 1. The Morgan fingerprint density at radius 2 is 1.67 bits per heavy atom. The van der Waals surface area contributed by atoms with E-state index >= 15 is 0 Å². The van der Waals surface area contributed by atoms with Crippen molar-refractivity contribution >= 4 is 11.3 Å². The summed E-state index contributed by atoms with van der Waals surface area (Å²) in [6.45, 7) is 2.22. The van der Waals surface area contributed by atoms with Gasteiger partial charge in [0.05, 0.1) is 12.7 Å². The molecular weight excluding hydrogens is 426 g/mol. The highest BCUT2D eigenvalue weighted by molar-refractivity contribution is 5.87. The SMILES string of the molecule is COc1ccc(-c2c(C)[nH]c3c(N4CCC(F)(F)CC4)c(-c4ccccc4)nn3c2=O)cc1. The summed E-state index contributed by atoms with van der Waals surface area (Å²) in [4.78, 5) is 18.8. The topological polar surface area (TPSA) is 62.6 Å². The van der Waals surface area contributed by atoms with Crippen LogP contribution in [0.5, 0.6) is 5.75 Å². The van der Waals surface area contributed by atoms with Gasteiger partial charge in [0.1, 0.15) is 17.1 Å². The quantitative estimate of drug-likeness (QED) is 0.480. The molecule has 1 aliphatic rings. The van der Waals surface area contributed by atoms with Gasteiger partial charge in [0.2, 0.25) is 0 Å². The van der Waals surface area contributed by atoms with E-state index in [0.717, 1.165) is 11.1 Å². The summed E-state index contributed by atoms with van der Waals surface area (Å²) in [5.74, 6) is -1.97. The van der Waals surface area contributed by atoms with Gasteiger partial charge >= 0.3 is 0 Å². The van der Waals surface area contributed by atoms with Gasteiger partial charge in [0, 0.05) is 37.2 Å². The van der Waals surface area contributed by atoms with Gasteiger partial charge in [-0.05, 0) is 24.6 Å². The first-order valence-corrected chi connectivity index (χ1v) is 10.9. The first kappa shape index (κ1) is 21.2. The summed E-state index contributed by atoms with van der Waals surface area (Å²) in [6, 6.07) is 16.8. The van der Waals surface area contributed by atoms with Crippen molar-refractivity contribution in [3.05, 3.63) is 70.6 Å². The smallest absolute Gasteiger partial charge is 0.282 e. The van der Waals surface area contributed by atoms with Crippen molar-refractivity contribution in [2.45, 2.75) is 25.7 Å².